The van der Waals surface area contributed by atoms with Gasteiger partial charge in [-0.2, -0.15) is 15.4 Å². The molecule has 2 N–H and O–H groups in total. The van der Waals surface area contributed by atoms with E-state index in [1.54, 1.807) is 6.92 Å². The van der Waals surface area contributed by atoms with Gasteiger partial charge in [0, 0.05) is 6.54 Å². The number of aromatic amines is 1. The van der Waals surface area contributed by atoms with Gasteiger partial charge in [-0.05, 0) is 19.8 Å². The fourth-order valence-corrected chi connectivity index (χ4v) is 1.95. The van der Waals surface area contributed by atoms with Crippen LogP contribution in [0.4, 0.5) is 0 Å². The number of carboxylic acid groups (broad SMARTS) is 1. The van der Waals surface area contributed by atoms with Crippen molar-refractivity contribution in [2.24, 2.45) is 0 Å². The molecule has 7 heteroatoms. The molecule has 0 saturated carbocycles. The SMILES string of the molecule is CC1(C(=O)O)CCCN1C(=O)c1cn[nH]n1. The van der Waals surface area contributed by atoms with E-state index in [0.717, 1.165) is 0 Å². The topological polar surface area (TPSA) is 99.2 Å². The Bertz CT molecular complexity index is 416. The standard InChI is InChI=1S/C9H12N4O3/c1-9(8(15)16)3-2-4-13(9)7(14)6-5-10-12-11-6/h5H,2-4H2,1H3,(H,15,16)(H,10,11,12). The number of nitrogens with one attached hydrogen (secondary N) is 1. The van der Waals surface area contributed by atoms with Crippen molar-refractivity contribution in [1.29, 1.82) is 0 Å². The minimum atomic E-state index is -1.13. The molecule has 1 aromatic rings. The Morgan fingerprint density at radius 1 is 1.62 bits per heavy atom. The Labute approximate surface area is 91.4 Å². The lowest BCUT2D eigenvalue weighted by molar-refractivity contribution is -0.147. The lowest BCUT2D eigenvalue weighted by Crippen LogP contribution is -2.50. The third-order valence-electron chi connectivity index (χ3n) is 2.98. The number of nitrogens with zero attached hydrogens (tertiary/aromatic N) is 3. The summed E-state index contributed by atoms with van der Waals surface area (Å²) in [5.41, 5.74) is -0.981. The van der Waals surface area contributed by atoms with Gasteiger partial charge in [0.2, 0.25) is 0 Å². The molecule has 0 spiro atoms. The molecule has 1 fully saturated rings. The van der Waals surface area contributed by atoms with Crippen molar-refractivity contribution in [3.8, 4) is 0 Å². The van der Waals surface area contributed by atoms with E-state index >= 15 is 0 Å². The van der Waals surface area contributed by atoms with Crippen molar-refractivity contribution < 1.29 is 14.7 Å². The average Bonchev–Trinajstić information content (AvgIpc) is 2.85. The van der Waals surface area contributed by atoms with Gasteiger partial charge in [0.05, 0.1) is 6.20 Å². The molecule has 1 aliphatic heterocycles. The van der Waals surface area contributed by atoms with Gasteiger partial charge >= 0.3 is 5.97 Å². The first-order chi connectivity index (χ1) is 7.55. The average molecular weight is 224 g/mol. The molecule has 1 atom stereocenters. The molecule has 16 heavy (non-hydrogen) atoms. The van der Waals surface area contributed by atoms with Gasteiger partial charge in [0.25, 0.3) is 5.91 Å². The predicted octanol–water partition coefficient (Wildman–Crippen LogP) is -0.116. The van der Waals surface area contributed by atoms with Crippen molar-refractivity contribution >= 4 is 11.9 Å². The number of carbonyl (C=O) groups is 2. The predicted molar refractivity (Wildman–Crippen MR) is 52.7 cm³/mol. The second-order valence-corrected chi connectivity index (χ2v) is 3.99. The van der Waals surface area contributed by atoms with E-state index in [1.165, 1.54) is 11.1 Å². The summed E-state index contributed by atoms with van der Waals surface area (Å²) < 4.78 is 0. The first-order valence-electron chi connectivity index (χ1n) is 4.97. The third-order valence-corrected chi connectivity index (χ3v) is 2.98. The van der Waals surface area contributed by atoms with Gasteiger partial charge in [-0.25, -0.2) is 4.79 Å². The highest BCUT2D eigenvalue weighted by molar-refractivity contribution is 5.96. The van der Waals surface area contributed by atoms with E-state index in [-0.39, 0.29) is 5.69 Å². The zero-order valence-corrected chi connectivity index (χ0v) is 8.80. The molecule has 0 aromatic carbocycles. The molecule has 2 rings (SSSR count). The highest BCUT2D eigenvalue weighted by Gasteiger charge is 2.46. The fourth-order valence-electron chi connectivity index (χ4n) is 1.95. The monoisotopic (exact) mass is 224 g/mol. The Kier molecular flexibility index (Phi) is 2.37. The van der Waals surface area contributed by atoms with Crippen molar-refractivity contribution in [1.82, 2.24) is 20.3 Å². The maximum atomic E-state index is 12.0. The maximum absolute atomic E-state index is 12.0. The first kappa shape index (κ1) is 10.6. The number of hydrogen-bond donors (Lipinski definition) is 2. The van der Waals surface area contributed by atoms with Crippen LogP contribution in [0.3, 0.4) is 0 Å². The van der Waals surface area contributed by atoms with E-state index in [0.29, 0.717) is 19.4 Å². The van der Waals surface area contributed by atoms with Crippen LogP contribution in [0.25, 0.3) is 0 Å². The summed E-state index contributed by atoms with van der Waals surface area (Å²) in [4.78, 5) is 24.5. The lowest BCUT2D eigenvalue weighted by atomic mass is 9.99. The van der Waals surface area contributed by atoms with Crippen molar-refractivity contribution in [2.75, 3.05) is 6.54 Å². The summed E-state index contributed by atoms with van der Waals surface area (Å²) in [5.74, 6) is -1.38. The van der Waals surface area contributed by atoms with Crippen LogP contribution in [-0.4, -0.2) is 49.4 Å². The number of carboxylic acids is 1. The Hall–Kier alpha value is -1.92. The van der Waals surface area contributed by atoms with Crippen LogP contribution in [0.2, 0.25) is 0 Å². The van der Waals surface area contributed by atoms with Crippen molar-refractivity contribution in [3.05, 3.63) is 11.9 Å². The van der Waals surface area contributed by atoms with Crippen LogP contribution < -0.4 is 0 Å². The maximum Gasteiger partial charge on any atom is 0.329 e. The highest BCUT2D eigenvalue weighted by Crippen LogP contribution is 2.30. The van der Waals surface area contributed by atoms with Crippen molar-refractivity contribution in [3.63, 3.8) is 0 Å². The summed E-state index contributed by atoms with van der Waals surface area (Å²) in [6.45, 7) is 1.99. The summed E-state index contributed by atoms with van der Waals surface area (Å²) in [5, 5.41) is 18.7. The largest absolute Gasteiger partial charge is 0.480 e. The molecule has 1 aliphatic rings. The van der Waals surface area contributed by atoms with Gasteiger partial charge in [-0.15, -0.1) is 0 Å². The number of aliphatic carboxylic acids is 1. The summed E-state index contributed by atoms with van der Waals surface area (Å²) in [6.07, 6.45) is 2.45. The fraction of sp³-hybridized carbons (Fsp3) is 0.556. The highest BCUT2D eigenvalue weighted by atomic mass is 16.4. The quantitative estimate of drug-likeness (QED) is 0.729. The van der Waals surface area contributed by atoms with Gasteiger partial charge in [0.1, 0.15) is 5.54 Å². The third kappa shape index (κ3) is 1.44. The van der Waals surface area contributed by atoms with Gasteiger partial charge in [-0.1, -0.05) is 0 Å². The lowest BCUT2D eigenvalue weighted by Gasteiger charge is -2.30. The van der Waals surface area contributed by atoms with Crippen LogP contribution in [0, 0.1) is 0 Å². The first-order valence-corrected chi connectivity index (χ1v) is 4.97. The van der Waals surface area contributed by atoms with E-state index < -0.39 is 17.4 Å². The normalized spacial score (nSPS) is 24.7. The molecular formula is C9H12N4O3. The second-order valence-electron chi connectivity index (χ2n) is 3.99. The summed E-state index contributed by atoms with van der Waals surface area (Å²) >= 11 is 0. The number of rotatable bonds is 2. The zero-order chi connectivity index (χ0) is 11.8. The van der Waals surface area contributed by atoms with E-state index in [9.17, 15) is 9.59 Å². The van der Waals surface area contributed by atoms with Gasteiger partial charge in [-0.3, -0.25) is 4.79 Å². The molecule has 86 valence electrons. The Morgan fingerprint density at radius 2 is 2.38 bits per heavy atom. The van der Waals surface area contributed by atoms with Crippen LogP contribution in [0.15, 0.2) is 6.20 Å². The second kappa shape index (κ2) is 3.58. The van der Waals surface area contributed by atoms with Crippen LogP contribution in [0.1, 0.15) is 30.3 Å². The number of amides is 1. The van der Waals surface area contributed by atoms with Crippen LogP contribution in [-0.2, 0) is 4.79 Å². The minimum Gasteiger partial charge on any atom is -0.480 e. The van der Waals surface area contributed by atoms with Gasteiger partial charge < -0.3 is 10.0 Å². The number of aromatic nitrogens is 3. The Morgan fingerprint density at radius 3 is 2.94 bits per heavy atom. The molecule has 0 bridgehead atoms. The van der Waals surface area contributed by atoms with E-state index in [2.05, 4.69) is 15.4 Å². The van der Waals surface area contributed by atoms with Crippen molar-refractivity contribution in [2.45, 2.75) is 25.3 Å². The van der Waals surface area contributed by atoms with Crippen LogP contribution >= 0.6 is 0 Å². The molecule has 1 saturated heterocycles. The molecule has 1 amide bonds. The van der Waals surface area contributed by atoms with Crippen LogP contribution in [0.5, 0.6) is 0 Å². The minimum absolute atomic E-state index is 0.148. The molecule has 1 aromatic heterocycles. The molecular weight excluding hydrogens is 212 g/mol. The number of likely N-dealkylation sites (tertiary alicyclic amines) is 1. The van der Waals surface area contributed by atoms with E-state index in [1.807, 2.05) is 0 Å². The zero-order valence-electron chi connectivity index (χ0n) is 8.80. The molecule has 0 radical (unpaired) electrons. The Balaban J connectivity index is 2.27. The van der Waals surface area contributed by atoms with E-state index in [4.69, 9.17) is 5.11 Å². The number of hydrogen-bond acceptors (Lipinski definition) is 4. The molecule has 7 nitrogen and oxygen atoms in total. The smallest absolute Gasteiger partial charge is 0.329 e. The molecule has 2 heterocycles. The summed E-state index contributed by atoms with van der Waals surface area (Å²) in [7, 11) is 0. The van der Waals surface area contributed by atoms with Gasteiger partial charge in [0.15, 0.2) is 5.69 Å². The molecule has 0 aliphatic carbocycles. The summed E-state index contributed by atoms with van der Waals surface area (Å²) in [6, 6.07) is 0. The number of carbonyl (C=O) groups excluding carboxylic acids is 1. The molecule has 1 unspecified atom stereocenters. The number of H-pyrrole nitrogens is 1.